The Bertz CT molecular complexity index is 1670. The maximum atomic E-state index is 13.1. The summed E-state index contributed by atoms with van der Waals surface area (Å²) in [6.07, 6.45) is 8.53. The number of nitrogens with two attached hydrogens (primary N) is 2. The molecule has 6 rings (SSSR count). The van der Waals surface area contributed by atoms with Crippen LogP contribution in [0.5, 0.6) is 0 Å². The minimum absolute atomic E-state index is 0.0683. The van der Waals surface area contributed by atoms with E-state index in [1.807, 2.05) is 60.0 Å². The van der Waals surface area contributed by atoms with Gasteiger partial charge in [-0.1, -0.05) is 23.3 Å². The molecule has 2 aliphatic heterocycles. The summed E-state index contributed by atoms with van der Waals surface area (Å²) in [5, 5.41) is 38.3. The van der Waals surface area contributed by atoms with E-state index in [0.717, 1.165) is 74.6 Å². The zero-order valence-electron chi connectivity index (χ0n) is 30.2. The molecule has 4 aromatic rings. The van der Waals surface area contributed by atoms with Crippen LogP contribution in [-0.2, 0) is 31.4 Å². The molecule has 2 aromatic heterocycles. The first kappa shape index (κ1) is 44.0. The van der Waals surface area contributed by atoms with Crippen LogP contribution in [0.25, 0.3) is 11.4 Å². The fourth-order valence-electron chi connectivity index (χ4n) is 5.80. The topological polar surface area (TPSA) is 280 Å². The van der Waals surface area contributed by atoms with E-state index in [0.29, 0.717) is 11.1 Å². The molecule has 0 saturated carbocycles. The third kappa shape index (κ3) is 13.5. The van der Waals surface area contributed by atoms with Gasteiger partial charge in [0.2, 0.25) is 0 Å². The Morgan fingerprint density at radius 1 is 0.667 bits per heavy atom. The molecule has 2 aromatic carbocycles. The van der Waals surface area contributed by atoms with Crippen LogP contribution in [0, 0.1) is 13.8 Å². The second-order valence-electron chi connectivity index (χ2n) is 12.2. The standard InChI is InChI=1S/2C16H21N5O.2H2O4S/c2*1-12-3-4-15(21-18-7-8-19-21)14(11-12)16(22)20-10-9-17-6-5-13(20)2;2*1-4-5(2)3/h2*3-4,7-8,11,13,17H,5-6,9-10H2,1-2H3;2*1H,(H,2,3)/p-2/t13-;;;/m1.../s1. The number of quaternary nitrogens is 2. The Labute approximate surface area is 317 Å². The van der Waals surface area contributed by atoms with Crippen molar-refractivity contribution in [3.63, 3.8) is 0 Å². The molecule has 2 amide bonds. The second kappa shape index (κ2) is 22.8. The smallest absolute Gasteiger partial charge is 0.256 e. The number of amides is 2. The quantitative estimate of drug-likeness (QED) is 0.111. The van der Waals surface area contributed by atoms with Crippen LogP contribution in [0.15, 0.2) is 61.2 Å². The number of rotatable bonds is 6. The van der Waals surface area contributed by atoms with Crippen LogP contribution < -0.4 is 21.1 Å². The number of aromatic nitrogens is 6. The molecule has 2 saturated heterocycles. The van der Waals surface area contributed by atoms with Gasteiger partial charge in [0.15, 0.2) is 0 Å². The van der Waals surface area contributed by atoms with Gasteiger partial charge in [-0.2, -0.15) is 30.0 Å². The number of benzene rings is 2. The molecule has 0 aliphatic carbocycles. The Morgan fingerprint density at radius 3 is 1.31 bits per heavy atom. The van der Waals surface area contributed by atoms with Gasteiger partial charge < -0.3 is 48.7 Å². The van der Waals surface area contributed by atoms with Crippen LogP contribution in [0.2, 0.25) is 0 Å². The van der Waals surface area contributed by atoms with E-state index in [9.17, 15) is 9.59 Å². The van der Waals surface area contributed by atoms with Crippen molar-refractivity contribution in [2.24, 2.45) is 0 Å². The predicted molar refractivity (Wildman–Crippen MR) is 186 cm³/mol. The molecule has 2 aliphatic rings. The lowest BCUT2D eigenvalue weighted by atomic mass is 10.1. The third-order valence-electron chi connectivity index (χ3n) is 8.46. The number of nitrogens with zero attached hydrogens (tertiary/aromatic N) is 8. The van der Waals surface area contributed by atoms with Gasteiger partial charge >= 0.3 is 0 Å². The number of carbonyl (C=O) groups excluding carboxylic acids is 2. The van der Waals surface area contributed by atoms with Crippen molar-refractivity contribution in [1.82, 2.24) is 39.8 Å². The first-order valence-corrected chi connectivity index (χ1v) is 18.9. The molecule has 0 spiro atoms. The van der Waals surface area contributed by atoms with Crippen molar-refractivity contribution in [2.75, 3.05) is 39.3 Å². The average Bonchev–Trinajstić information content (AvgIpc) is 3.82. The number of aryl methyl sites for hydroxylation is 2. The molecule has 4 heterocycles. The van der Waals surface area contributed by atoms with Gasteiger partial charge in [0.1, 0.15) is 0 Å². The second-order valence-corrected chi connectivity index (χ2v) is 13.3. The summed E-state index contributed by atoms with van der Waals surface area (Å²) >= 11 is -5.76. The maximum Gasteiger partial charge on any atom is 0.256 e. The first-order chi connectivity index (χ1) is 25.9. The van der Waals surface area contributed by atoms with Crippen molar-refractivity contribution in [2.45, 2.75) is 52.6 Å². The van der Waals surface area contributed by atoms with Gasteiger partial charge in [0.25, 0.3) is 11.8 Å². The molecule has 3 unspecified atom stereocenters. The fraction of sp³-hybridized carbons (Fsp3) is 0.438. The largest absolute Gasteiger partial charge is 0.750 e. The van der Waals surface area contributed by atoms with Crippen LogP contribution in [0.1, 0.15) is 58.5 Å². The number of carbonyl (C=O) groups is 2. The number of hydrogen-bond acceptors (Lipinski definition) is 14. The highest BCUT2D eigenvalue weighted by Gasteiger charge is 2.28. The van der Waals surface area contributed by atoms with Crippen molar-refractivity contribution in [3.8, 4) is 11.4 Å². The molecule has 0 radical (unpaired) electrons. The molecule has 4 N–H and O–H groups in total. The summed E-state index contributed by atoms with van der Waals surface area (Å²) in [5.74, 6) is 0.137. The van der Waals surface area contributed by atoms with E-state index in [1.165, 1.54) is 9.59 Å². The Kier molecular flexibility index (Phi) is 18.6. The van der Waals surface area contributed by atoms with E-state index in [4.69, 9.17) is 28.0 Å². The maximum absolute atomic E-state index is 13.1. The van der Waals surface area contributed by atoms with Gasteiger partial charge in [0, 0.05) is 24.9 Å². The normalized spacial score (nSPS) is 18.2. The Hall–Kier alpha value is -4.36. The van der Waals surface area contributed by atoms with Gasteiger partial charge in [-0.25, -0.2) is 8.42 Å². The Balaban J connectivity index is 0.000000233. The van der Waals surface area contributed by atoms with E-state index in [1.54, 1.807) is 24.8 Å². The van der Waals surface area contributed by atoms with E-state index in [-0.39, 0.29) is 23.9 Å². The summed E-state index contributed by atoms with van der Waals surface area (Å²) < 4.78 is 40.2. The third-order valence-corrected chi connectivity index (χ3v) is 8.68. The van der Waals surface area contributed by atoms with Gasteiger partial charge in [-0.15, -0.1) is 0 Å². The fourth-order valence-corrected chi connectivity index (χ4v) is 5.80. The highest BCUT2D eigenvalue weighted by Crippen LogP contribution is 2.21. The molecule has 54 heavy (non-hydrogen) atoms. The van der Waals surface area contributed by atoms with Crippen LogP contribution >= 0.6 is 0 Å². The van der Waals surface area contributed by atoms with Crippen molar-refractivity contribution in [3.05, 3.63) is 83.4 Å². The average molecular weight is 793 g/mol. The van der Waals surface area contributed by atoms with Crippen molar-refractivity contribution in [1.29, 1.82) is 0 Å². The monoisotopic (exact) mass is 792 g/mol. The highest BCUT2D eigenvalue weighted by molar-refractivity contribution is 7.74. The van der Waals surface area contributed by atoms with E-state index in [2.05, 4.69) is 53.5 Å². The summed E-state index contributed by atoms with van der Waals surface area (Å²) in [4.78, 5) is 33.1. The van der Waals surface area contributed by atoms with Gasteiger partial charge in [-0.3, -0.25) is 9.59 Å². The lowest BCUT2D eigenvalue weighted by Gasteiger charge is -2.26. The molecular weight excluding hydrogens is 749 g/mol. The van der Waals surface area contributed by atoms with Gasteiger partial charge in [-0.05, 0) is 52.0 Å². The minimum Gasteiger partial charge on any atom is -0.750 e. The summed E-state index contributed by atoms with van der Waals surface area (Å²) in [7, 11) is 0. The van der Waals surface area contributed by atoms with Crippen LogP contribution in [0.3, 0.4) is 0 Å². The summed E-state index contributed by atoms with van der Waals surface area (Å²) in [6.45, 7) is 13.9. The molecule has 22 heteroatoms. The molecule has 20 nitrogen and oxygen atoms in total. The van der Waals surface area contributed by atoms with Crippen LogP contribution in [-0.4, -0.2) is 120 Å². The zero-order chi connectivity index (χ0) is 39.6. The minimum atomic E-state index is -2.88. The van der Waals surface area contributed by atoms with Crippen LogP contribution in [0.4, 0.5) is 0 Å². The van der Waals surface area contributed by atoms with E-state index >= 15 is 0 Å². The molecular formula is C32H44N10O10S2-2. The molecule has 296 valence electrons. The molecule has 0 bridgehead atoms. The van der Waals surface area contributed by atoms with Gasteiger partial charge in [0.05, 0.1) is 109 Å². The SMILES string of the molecule is Cc1ccc(-n2nccn2)c(C(=O)N2CC[NH2+]CCC2C)c1.Cc1ccc(-n2nccn2)c(C(=O)N2CC[NH2+]CC[C@H]2C)c1.O=S([O-])O[O-].O=S([O-])O[O-]. The van der Waals surface area contributed by atoms with Crippen molar-refractivity contribution >= 4 is 34.5 Å². The molecule has 4 atom stereocenters. The highest BCUT2D eigenvalue weighted by atomic mass is 32.2. The number of hydrogen-bond donors (Lipinski definition) is 2. The Morgan fingerprint density at radius 2 is 1.00 bits per heavy atom. The lowest BCUT2D eigenvalue weighted by molar-refractivity contribution is -0.651. The van der Waals surface area contributed by atoms with E-state index < -0.39 is 22.7 Å². The first-order valence-electron chi connectivity index (χ1n) is 16.9. The molecule has 2 fully saturated rings. The summed E-state index contributed by atoms with van der Waals surface area (Å²) in [6, 6.07) is 12.2. The predicted octanol–water partition coefficient (Wildman–Crippen LogP) is -3.11. The summed E-state index contributed by atoms with van der Waals surface area (Å²) in [5.41, 5.74) is 4.94. The zero-order valence-corrected chi connectivity index (χ0v) is 31.8. The lowest BCUT2D eigenvalue weighted by Crippen LogP contribution is -2.84. The van der Waals surface area contributed by atoms with Crippen molar-refractivity contribution < 1.29 is 56.9 Å².